The van der Waals surface area contributed by atoms with E-state index in [1.54, 1.807) is 27.7 Å². The number of ether oxygens (including phenoxy) is 4. The molecular weight excluding hydrogens is 553 g/mol. The van der Waals surface area contributed by atoms with Crippen molar-refractivity contribution < 1.29 is 23.7 Å². The lowest BCUT2D eigenvalue weighted by atomic mass is 10.1. The standard InChI is InChI=1S/C24H26IN3O6/c1-13(2)22(29)31-12-17-18-19(34-24(3,4)33-18)21(32-17)28-11-15(20(26)27-23(28)30)8-5-14-6-9-16(25)10-7-14/h6-7,9-11,13,17-19,21H,12H2,1-4H3,(H2,26,27,30)/t17-,18-,19-,21-/m1/s1. The van der Waals surface area contributed by atoms with Gasteiger partial charge in [-0.15, -0.1) is 0 Å². The number of hydrogen-bond donors (Lipinski definition) is 1. The van der Waals surface area contributed by atoms with Crippen molar-refractivity contribution in [3.8, 4) is 11.8 Å². The van der Waals surface area contributed by atoms with Crippen LogP contribution in [-0.2, 0) is 23.7 Å². The molecule has 0 aliphatic carbocycles. The maximum absolute atomic E-state index is 12.8. The number of rotatable bonds is 4. The van der Waals surface area contributed by atoms with Gasteiger partial charge in [0.15, 0.2) is 12.0 Å². The quantitative estimate of drug-likeness (QED) is 0.334. The zero-order chi connectivity index (χ0) is 24.6. The minimum absolute atomic E-state index is 0.0231. The van der Waals surface area contributed by atoms with Gasteiger partial charge >= 0.3 is 11.7 Å². The third-order valence-corrected chi connectivity index (χ3v) is 6.15. The number of benzene rings is 1. The maximum atomic E-state index is 12.8. The number of halogens is 1. The fourth-order valence-electron chi connectivity index (χ4n) is 3.78. The van der Waals surface area contributed by atoms with Gasteiger partial charge in [0, 0.05) is 15.3 Å². The second-order valence-electron chi connectivity index (χ2n) is 8.90. The molecule has 2 N–H and O–H groups in total. The Hall–Kier alpha value is -2.46. The van der Waals surface area contributed by atoms with E-state index < -0.39 is 36.0 Å². The molecule has 2 aromatic rings. The van der Waals surface area contributed by atoms with Crippen LogP contribution < -0.4 is 11.4 Å². The van der Waals surface area contributed by atoms with E-state index in [9.17, 15) is 9.59 Å². The lowest BCUT2D eigenvalue weighted by Gasteiger charge is -2.25. The number of nitrogen functional groups attached to an aromatic ring is 1. The summed E-state index contributed by atoms with van der Waals surface area (Å²) in [6.07, 6.45) is -1.11. The largest absolute Gasteiger partial charge is 0.463 e. The van der Waals surface area contributed by atoms with Crippen LogP contribution in [0.3, 0.4) is 0 Å². The van der Waals surface area contributed by atoms with Crippen LogP contribution in [-0.4, -0.2) is 46.2 Å². The fraction of sp³-hybridized carbons (Fsp3) is 0.458. The normalized spacial score (nSPS) is 25.0. The number of fused-ring (bicyclic) bond motifs is 1. The van der Waals surface area contributed by atoms with Gasteiger partial charge in [-0.2, -0.15) is 4.98 Å². The highest BCUT2D eigenvalue weighted by Gasteiger charge is 2.56. The molecule has 0 amide bonds. The molecule has 0 bridgehead atoms. The number of hydrogen-bond acceptors (Lipinski definition) is 8. The van der Waals surface area contributed by atoms with Gasteiger partial charge in [0.25, 0.3) is 0 Å². The van der Waals surface area contributed by atoms with E-state index in [1.165, 1.54) is 10.8 Å². The average molecular weight is 579 g/mol. The van der Waals surface area contributed by atoms with Crippen molar-refractivity contribution in [2.24, 2.45) is 5.92 Å². The lowest BCUT2D eigenvalue weighted by Crippen LogP contribution is -2.35. The third kappa shape index (κ3) is 5.27. The second kappa shape index (κ2) is 9.65. The van der Waals surface area contributed by atoms with Crippen molar-refractivity contribution in [3.05, 3.63) is 55.6 Å². The van der Waals surface area contributed by atoms with E-state index in [2.05, 4.69) is 39.4 Å². The number of nitrogens with zero attached hydrogens (tertiary/aromatic N) is 2. The number of carbonyl (C=O) groups excluding carboxylic acids is 1. The molecule has 2 fully saturated rings. The first-order valence-electron chi connectivity index (χ1n) is 10.9. The number of aromatic nitrogens is 2. The molecule has 34 heavy (non-hydrogen) atoms. The Bertz CT molecular complexity index is 1200. The highest BCUT2D eigenvalue weighted by molar-refractivity contribution is 14.1. The van der Waals surface area contributed by atoms with Crippen LogP contribution in [0.2, 0.25) is 0 Å². The van der Waals surface area contributed by atoms with E-state index in [0.29, 0.717) is 5.56 Å². The van der Waals surface area contributed by atoms with Gasteiger partial charge in [0.1, 0.15) is 30.7 Å². The first-order chi connectivity index (χ1) is 16.0. The van der Waals surface area contributed by atoms with Gasteiger partial charge in [-0.05, 0) is 60.7 Å². The van der Waals surface area contributed by atoms with Gasteiger partial charge in [-0.25, -0.2) is 4.79 Å². The summed E-state index contributed by atoms with van der Waals surface area (Å²) in [5.41, 5.74) is 6.56. The van der Waals surface area contributed by atoms with Gasteiger partial charge in [0.05, 0.1) is 11.5 Å². The Morgan fingerprint density at radius 1 is 1.24 bits per heavy atom. The molecule has 0 radical (unpaired) electrons. The first-order valence-corrected chi connectivity index (χ1v) is 12.0. The minimum atomic E-state index is -0.893. The maximum Gasteiger partial charge on any atom is 0.351 e. The van der Waals surface area contributed by atoms with E-state index in [4.69, 9.17) is 24.7 Å². The van der Waals surface area contributed by atoms with Crippen molar-refractivity contribution in [2.75, 3.05) is 12.3 Å². The summed E-state index contributed by atoms with van der Waals surface area (Å²) in [6, 6.07) is 7.69. The molecule has 9 nitrogen and oxygen atoms in total. The van der Waals surface area contributed by atoms with Crippen molar-refractivity contribution in [1.82, 2.24) is 9.55 Å². The molecule has 0 unspecified atom stereocenters. The molecule has 2 saturated heterocycles. The Balaban J connectivity index is 1.63. The van der Waals surface area contributed by atoms with E-state index in [1.807, 2.05) is 24.3 Å². The van der Waals surface area contributed by atoms with Crippen LogP contribution in [0.15, 0.2) is 35.3 Å². The summed E-state index contributed by atoms with van der Waals surface area (Å²) in [6.45, 7) is 7.04. The number of esters is 1. The average Bonchev–Trinajstić information content (AvgIpc) is 3.25. The molecule has 10 heteroatoms. The predicted molar refractivity (Wildman–Crippen MR) is 132 cm³/mol. The lowest BCUT2D eigenvalue weighted by molar-refractivity contribution is -0.203. The van der Waals surface area contributed by atoms with Crippen LogP contribution in [0.25, 0.3) is 0 Å². The van der Waals surface area contributed by atoms with Crippen LogP contribution in [0.4, 0.5) is 5.82 Å². The second-order valence-corrected chi connectivity index (χ2v) is 10.1. The van der Waals surface area contributed by atoms with E-state index in [-0.39, 0.29) is 24.3 Å². The number of carbonyl (C=O) groups is 1. The summed E-state index contributed by atoms with van der Waals surface area (Å²) in [5, 5.41) is 0. The van der Waals surface area contributed by atoms with Crippen molar-refractivity contribution in [2.45, 2.75) is 58.0 Å². The van der Waals surface area contributed by atoms with E-state index in [0.717, 1.165) is 9.13 Å². The molecular formula is C24H26IN3O6. The van der Waals surface area contributed by atoms with Crippen LogP contribution in [0, 0.1) is 21.3 Å². The SMILES string of the molecule is CC(C)C(=O)OC[C@H]1O[C@@H](n2cc(C#Cc3ccc(I)cc3)c(N)nc2=O)[C@@H]2OC(C)(C)O[C@@H]21. The Morgan fingerprint density at radius 3 is 2.59 bits per heavy atom. The molecule has 2 aliphatic heterocycles. The zero-order valence-electron chi connectivity index (χ0n) is 19.3. The smallest absolute Gasteiger partial charge is 0.351 e. The van der Waals surface area contributed by atoms with Crippen LogP contribution in [0.1, 0.15) is 45.0 Å². The monoisotopic (exact) mass is 579 g/mol. The predicted octanol–water partition coefficient (Wildman–Crippen LogP) is 2.45. The summed E-state index contributed by atoms with van der Waals surface area (Å²) < 4.78 is 25.9. The van der Waals surface area contributed by atoms with Gasteiger partial charge in [-0.1, -0.05) is 25.7 Å². The summed E-state index contributed by atoms with van der Waals surface area (Å²) in [4.78, 5) is 28.7. The van der Waals surface area contributed by atoms with E-state index >= 15 is 0 Å². The Kier molecular flexibility index (Phi) is 7.00. The van der Waals surface area contributed by atoms with Gasteiger partial charge < -0.3 is 24.7 Å². The molecule has 4 atom stereocenters. The fourth-order valence-corrected chi connectivity index (χ4v) is 4.14. The minimum Gasteiger partial charge on any atom is -0.463 e. The summed E-state index contributed by atoms with van der Waals surface area (Å²) in [7, 11) is 0. The third-order valence-electron chi connectivity index (χ3n) is 5.43. The van der Waals surface area contributed by atoms with Gasteiger partial charge in [-0.3, -0.25) is 9.36 Å². The molecule has 0 spiro atoms. The van der Waals surface area contributed by atoms with Crippen molar-refractivity contribution in [3.63, 3.8) is 0 Å². The highest BCUT2D eigenvalue weighted by atomic mass is 127. The van der Waals surface area contributed by atoms with Crippen LogP contribution >= 0.6 is 22.6 Å². The first kappa shape index (κ1) is 24.7. The Morgan fingerprint density at radius 2 is 1.91 bits per heavy atom. The number of nitrogens with two attached hydrogens (primary N) is 1. The Labute approximate surface area is 211 Å². The highest BCUT2D eigenvalue weighted by Crippen LogP contribution is 2.42. The molecule has 180 valence electrons. The topological polar surface area (TPSA) is 115 Å². The summed E-state index contributed by atoms with van der Waals surface area (Å²) >= 11 is 2.22. The molecule has 0 saturated carbocycles. The van der Waals surface area contributed by atoms with Crippen molar-refractivity contribution in [1.29, 1.82) is 0 Å². The zero-order valence-corrected chi connectivity index (χ0v) is 21.4. The molecule has 2 aliphatic rings. The number of anilines is 1. The molecule has 1 aromatic carbocycles. The van der Waals surface area contributed by atoms with Crippen LogP contribution in [0.5, 0.6) is 0 Å². The molecule has 3 heterocycles. The van der Waals surface area contributed by atoms with Crippen molar-refractivity contribution >= 4 is 34.4 Å². The summed E-state index contributed by atoms with van der Waals surface area (Å²) in [5.74, 6) is 4.53. The molecule has 1 aromatic heterocycles. The van der Waals surface area contributed by atoms with Gasteiger partial charge in [0.2, 0.25) is 0 Å². The molecule has 4 rings (SSSR count).